The van der Waals surface area contributed by atoms with Gasteiger partial charge in [0.1, 0.15) is 5.82 Å². The number of fused-ring (bicyclic) bond motifs is 1. The molecule has 4 rings (SSSR count). The van der Waals surface area contributed by atoms with Crippen LogP contribution in [0, 0.1) is 0 Å². The molecule has 1 aliphatic carbocycles. The first kappa shape index (κ1) is 19.9. The first-order valence-corrected chi connectivity index (χ1v) is 9.62. The number of rotatable bonds is 4. The van der Waals surface area contributed by atoms with Gasteiger partial charge in [-0.1, -0.05) is 30.3 Å². The van der Waals surface area contributed by atoms with Crippen molar-refractivity contribution in [2.75, 3.05) is 44.2 Å². The Morgan fingerprint density at radius 2 is 1.89 bits per heavy atom. The van der Waals surface area contributed by atoms with Gasteiger partial charge in [-0.3, -0.25) is 4.99 Å². The van der Waals surface area contributed by atoms with Crippen LogP contribution >= 0.6 is 24.0 Å². The lowest BCUT2D eigenvalue weighted by atomic mass is 9.78. The number of piperazine rings is 1. The molecule has 2 aromatic rings. The number of benzene rings is 1. The molecule has 1 aromatic carbocycles. The van der Waals surface area contributed by atoms with Crippen LogP contribution in [0.4, 0.5) is 5.82 Å². The average molecular weight is 477 g/mol. The summed E-state index contributed by atoms with van der Waals surface area (Å²) in [5.74, 6) is 2.70. The fourth-order valence-electron chi connectivity index (χ4n) is 3.84. The van der Waals surface area contributed by atoms with Gasteiger partial charge in [-0.2, -0.15) is 0 Å². The molecule has 0 spiro atoms. The van der Waals surface area contributed by atoms with Gasteiger partial charge in [-0.15, -0.1) is 24.0 Å². The van der Waals surface area contributed by atoms with Crippen LogP contribution in [0.3, 0.4) is 0 Å². The van der Waals surface area contributed by atoms with Crippen LogP contribution in [0.1, 0.15) is 24.0 Å². The van der Waals surface area contributed by atoms with Gasteiger partial charge in [0.15, 0.2) is 5.96 Å². The molecule has 6 heteroatoms. The molecule has 1 aliphatic heterocycles. The number of hydrogen-bond acceptors (Lipinski definition) is 3. The Labute approximate surface area is 178 Å². The second kappa shape index (κ2) is 9.39. The van der Waals surface area contributed by atoms with Crippen molar-refractivity contribution in [1.82, 2.24) is 15.2 Å². The SMILES string of the molecule is CCNC(=NCC1Cc2ccccc21)N1CCN(c2ccccn2)CC1.I. The standard InChI is InChI=1S/C21H27N5.HI/c1-2-22-21(24-16-18-15-17-7-3-4-8-19(17)18)26-13-11-25(12-14-26)20-9-5-6-10-23-20;/h3-10,18H,2,11-16H2,1H3,(H,22,24);1H. The third kappa shape index (κ3) is 4.54. The Morgan fingerprint density at radius 1 is 1.11 bits per heavy atom. The highest BCUT2D eigenvalue weighted by atomic mass is 127. The minimum atomic E-state index is 0. The Bertz CT molecular complexity index is 756. The van der Waals surface area contributed by atoms with Crippen molar-refractivity contribution in [3.05, 3.63) is 59.8 Å². The molecular formula is C21H28IN5. The molecule has 0 saturated carbocycles. The predicted molar refractivity (Wildman–Crippen MR) is 122 cm³/mol. The normalized spacial score (nSPS) is 19.0. The lowest BCUT2D eigenvalue weighted by Crippen LogP contribution is -2.52. The number of nitrogens with zero attached hydrogens (tertiary/aromatic N) is 4. The highest BCUT2D eigenvalue weighted by Gasteiger charge is 2.26. The summed E-state index contributed by atoms with van der Waals surface area (Å²) in [7, 11) is 0. The Kier molecular flexibility index (Phi) is 6.93. The highest BCUT2D eigenvalue weighted by Crippen LogP contribution is 2.34. The van der Waals surface area contributed by atoms with Crippen LogP contribution in [0.15, 0.2) is 53.7 Å². The van der Waals surface area contributed by atoms with E-state index in [1.165, 1.54) is 11.1 Å². The second-order valence-electron chi connectivity index (χ2n) is 6.96. The van der Waals surface area contributed by atoms with Gasteiger partial charge in [0.05, 0.1) is 0 Å². The van der Waals surface area contributed by atoms with Crippen LogP contribution in [-0.2, 0) is 6.42 Å². The quantitative estimate of drug-likeness (QED) is 0.418. The molecule has 0 radical (unpaired) electrons. The maximum atomic E-state index is 4.95. The van der Waals surface area contributed by atoms with Gasteiger partial charge in [-0.25, -0.2) is 4.98 Å². The molecule has 0 amide bonds. The lowest BCUT2D eigenvalue weighted by Gasteiger charge is -2.37. The molecule has 144 valence electrons. The highest BCUT2D eigenvalue weighted by molar-refractivity contribution is 14.0. The minimum Gasteiger partial charge on any atom is -0.357 e. The van der Waals surface area contributed by atoms with E-state index in [0.717, 1.165) is 57.5 Å². The Morgan fingerprint density at radius 3 is 2.59 bits per heavy atom. The molecule has 1 fully saturated rings. The zero-order valence-electron chi connectivity index (χ0n) is 15.8. The van der Waals surface area contributed by atoms with Crippen molar-refractivity contribution in [2.24, 2.45) is 4.99 Å². The number of halogens is 1. The molecule has 1 saturated heterocycles. The number of anilines is 1. The van der Waals surface area contributed by atoms with Gasteiger partial charge >= 0.3 is 0 Å². The molecule has 2 aliphatic rings. The topological polar surface area (TPSA) is 43.8 Å². The van der Waals surface area contributed by atoms with E-state index in [-0.39, 0.29) is 24.0 Å². The number of aromatic nitrogens is 1. The number of pyridine rings is 1. The van der Waals surface area contributed by atoms with E-state index in [0.29, 0.717) is 5.92 Å². The summed E-state index contributed by atoms with van der Waals surface area (Å²) < 4.78 is 0. The predicted octanol–water partition coefficient (Wildman–Crippen LogP) is 3.13. The summed E-state index contributed by atoms with van der Waals surface area (Å²) in [5, 5.41) is 3.48. The van der Waals surface area contributed by atoms with E-state index in [1.807, 2.05) is 12.3 Å². The summed E-state index contributed by atoms with van der Waals surface area (Å²) in [6.07, 6.45) is 3.02. The summed E-state index contributed by atoms with van der Waals surface area (Å²) >= 11 is 0. The number of hydrogen-bond donors (Lipinski definition) is 1. The monoisotopic (exact) mass is 477 g/mol. The maximum Gasteiger partial charge on any atom is 0.194 e. The smallest absolute Gasteiger partial charge is 0.194 e. The van der Waals surface area contributed by atoms with Crippen LogP contribution in [0.5, 0.6) is 0 Å². The fourth-order valence-corrected chi connectivity index (χ4v) is 3.84. The molecule has 1 N–H and O–H groups in total. The second-order valence-corrected chi connectivity index (χ2v) is 6.96. The van der Waals surface area contributed by atoms with E-state index in [4.69, 9.17) is 4.99 Å². The van der Waals surface area contributed by atoms with Gasteiger partial charge in [-0.05, 0) is 36.6 Å². The zero-order valence-corrected chi connectivity index (χ0v) is 18.2. The number of aliphatic imine (C=N–C) groups is 1. The molecular weight excluding hydrogens is 449 g/mol. The summed E-state index contributed by atoms with van der Waals surface area (Å²) in [6.45, 7) is 7.83. The van der Waals surface area contributed by atoms with E-state index in [2.05, 4.69) is 63.4 Å². The fraction of sp³-hybridized carbons (Fsp3) is 0.429. The molecule has 27 heavy (non-hydrogen) atoms. The van der Waals surface area contributed by atoms with Crippen molar-refractivity contribution in [1.29, 1.82) is 0 Å². The number of guanidine groups is 1. The first-order valence-electron chi connectivity index (χ1n) is 9.62. The third-order valence-corrected chi connectivity index (χ3v) is 5.31. The van der Waals surface area contributed by atoms with E-state index >= 15 is 0 Å². The Hall–Kier alpha value is -1.83. The van der Waals surface area contributed by atoms with Crippen LogP contribution in [0.25, 0.3) is 0 Å². The zero-order chi connectivity index (χ0) is 17.8. The summed E-state index contributed by atoms with van der Waals surface area (Å²) in [4.78, 5) is 14.2. The van der Waals surface area contributed by atoms with E-state index in [9.17, 15) is 0 Å². The summed E-state index contributed by atoms with van der Waals surface area (Å²) in [6, 6.07) is 14.9. The van der Waals surface area contributed by atoms with Crippen molar-refractivity contribution < 1.29 is 0 Å². The largest absolute Gasteiger partial charge is 0.357 e. The van der Waals surface area contributed by atoms with Gasteiger partial charge in [0, 0.05) is 51.4 Å². The van der Waals surface area contributed by atoms with Crippen molar-refractivity contribution in [2.45, 2.75) is 19.3 Å². The molecule has 5 nitrogen and oxygen atoms in total. The van der Waals surface area contributed by atoms with Crippen molar-refractivity contribution in [3.63, 3.8) is 0 Å². The molecule has 1 unspecified atom stereocenters. The van der Waals surface area contributed by atoms with Gasteiger partial charge < -0.3 is 15.1 Å². The van der Waals surface area contributed by atoms with E-state index < -0.39 is 0 Å². The first-order chi connectivity index (χ1) is 12.8. The van der Waals surface area contributed by atoms with Crippen LogP contribution in [-0.4, -0.2) is 55.1 Å². The number of nitrogens with one attached hydrogen (secondary N) is 1. The maximum absolute atomic E-state index is 4.95. The van der Waals surface area contributed by atoms with E-state index in [1.54, 1.807) is 0 Å². The molecule has 2 heterocycles. The Balaban J connectivity index is 0.00000210. The minimum absolute atomic E-state index is 0. The lowest BCUT2D eigenvalue weighted by molar-refractivity contribution is 0.370. The molecule has 0 bridgehead atoms. The van der Waals surface area contributed by atoms with Crippen molar-refractivity contribution >= 4 is 35.8 Å². The van der Waals surface area contributed by atoms with Gasteiger partial charge in [0.25, 0.3) is 0 Å². The van der Waals surface area contributed by atoms with Gasteiger partial charge in [0.2, 0.25) is 0 Å². The van der Waals surface area contributed by atoms with Crippen LogP contribution < -0.4 is 10.2 Å². The average Bonchev–Trinajstić information content (AvgIpc) is 2.69. The summed E-state index contributed by atoms with van der Waals surface area (Å²) in [5.41, 5.74) is 2.97. The van der Waals surface area contributed by atoms with Crippen molar-refractivity contribution in [3.8, 4) is 0 Å². The molecule has 1 atom stereocenters. The van der Waals surface area contributed by atoms with Crippen LogP contribution in [0.2, 0.25) is 0 Å². The third-order valence-electron chi connectivity index (χ3n) is 5.31. The molecule has 1 aromatic heterocycles.